The number of nitrogens with one attached hydrogen (secondary N) is 2. The van der Waals surface area contributed by atoms with Crippen molar-refractivity contribution in [3.63, 3.8) is 0 Å². The van der Waals surface area contributed by atoms with Crippen molar-refractivity contribution in [3.05, 3.63) is 65.7 Å². The SMILES string of the molecule is COc1ccc(CCC(=O)N2CCCN(C(C)C(=O)NC(=O)NCc3ccccc3)CC2)cc1. The molecule has 2 N–H and O–H groups in total. The topological polar surface area (TPSA) is 91.0 Å². The van der Waals surface area contributed by atoms with E-state index in [2.05, 4.69) is 10.6 Å². The van der Waals surface area contributed by atoms with Crippen LogP contribution in [0, 0.1) is 0 Å². The van der Waals surface area contributed by atoms with E-state index in [9.17, 15) is 14.4 Å². The van der Waals surface area contributed by atoms with E-state index in [4.69, 9.17) is 4.74 Å². The van der Waals surface area contributed by atoms with Gasteiger partial charge >= 0.3 is 6.03 Å². The summed E-state index contributed by atoms with van der Waals surface area (Å²) in [4.78, 5) is 41.4. The van der Waals surface area contributed by atoms with Crippen LogP contribution in [0.3, 0.4) is 0 Å². The Labute approximate surface area is 201 Å². The summed E-state index contributed by atoms with van der Waals surface area (Å²) < 4.78 is 5.17. The van der Waals surface area contributed by atoms with Crippen molar-refractivity contribution >= 4 is 17.8 Å². The number of imide groups is 1. The zero-order chi connectivity index (χ0) is 24.3. The van der Waals surface area contributed by atoms with Crippen molar-refractivity contribution in [2.24, 2.45) is 0 Å². The van der Waals surface area contributed by atoms with Crippen LogP contribution < -0.4 is 15.4 Å². The Morgan fingerprint density at radius 2 is 1.68 bits per heavy atom. The van der Waals surface area contributed by atoms with Gasteiger partial charge in [0.1, 0.15) is 5.75 Å². The first-order chi connectivity index (χ1) is 16.5. The fourth-order valence-electron chi connectivity index (χ4n) is 3.98. The van der Waals surface area contributed by atoms with Crippen LogP contribution in [0.2, 0.25) is 0 Å². The number of carbonyl (C=O) groups is 3. The minimum Gasteiger partial charge on any atom is -0.497 e. The van der Waals surface area contributed by atoms with Crippen molar-refractivity contribution in [2.45, 2.75) is 38.8 Å². The zero-order valence-electron chi connectivity index (χ0n) is 20.0. The lowest BCUT2D eigenvalue weighted by atomic mass is 10.1. The van der Waals surface area contributed by atoms with Crippen molar-refractivity contribution in [3.8, 4) is 5.75 Å². The first kappa shape index (κ1) is 25.2. The van der Waals surface area contributed by atoms with Gasteiger partial charge in [-0.1, -0.05) is 42.5 Å². The van der Waals surface area contributed by atoms with Gasteiger partial charge in [-0.3, -0.25) is 19.8 Å². The molecule has 182 valence electrons. The van der Waals surface area contributed by atoms with E-state index in [0.717, 1.165) is 23.3 Å². The summed E-state index contributed by atoms with van der Waals surface area (Å²) in [6.07, 6.45) is 1.91. The van der Waals surface area contributed by atoms with E-state index >= 15 is 0 Å². The van der Waals surface area contributed by atoms with Gasteiger partial charge in [-0.2, -0.15) is 0 Å². The molecule has 1 aliphatic rings. The summed E-state index contributed by atoms with van der Waals surface area (Å²) in [7, 11) is 1.63. The van der Waals surface area contributed by atoms with E-state index in [-0.39, 0.29) is 11.8 Å². The Hall–Kier alpha value is -3.39. The predicted octanol–water partition coefficient (Wildman–Crippen LogP) is 2.58. The van der Waals surface area contributed by atoms with Crippen LogP contribution in [-0.2, 0) is 22.6 Å². The van der Waals surface area contributed by atoms with Crippen molar-refractivity contribution in [1.29, 1.82) is 0 Å². The fourth-order valence-corrected chi connectivity index (χ4v) is 3.98. The summed E-state index contributed by atoms with van der Waals surface area (Å²) in [5.41, 5.74) is 2.06. The molecule has 1 atom stereocenters. The molecule has 2 aromatic rings. The third-order valence-electron chi connectivity index (χ3n) is 6.13. The molecular formula is C26H34N4O4. The molecule has 34 heavy (non-hydrogen) atoms. The number of hydrogen-bond donors (Lipinski definition) is 2. The molecule has 1 heterocycles. The van der Waals surface area contributed by atoms with Gasteiger partial charge in [0, 0.05) is 39.1 Å². The summed E-state index contributed by atoms with van der Waals surface area (Å²) in [5.74, 6) is 0.578. The lowest BCUT2D eigenvalue weighted by Gasteiger charge is -2.26. The van der Waals surface area contributed by atoms with E-state index in [1.54, 1.807) is 14.0 Å². The second-order valence-electron chi connectivity index (χ2n) is 8.45. The third-order valence-corrected chi connectivity index (χ3v) is 6.13. The standard InChI is InChI=1S/C26H34N4O4/c1-20(25(32)28-26(33)27-19-22-7-4-3-5-8-22)29-15-6-16-30(18-17-29)24(31)14-11-21-9-12-23(34-2)13-10-21/h3-5,7-10,12-13,20H,6,11,14-19H2,1-2H3,(H2,27,28,32,33). The fraction of sp³-hybridized carbons (Fsp3) is 0.423. The minimum absolute atomic E-state index is 0.120. The Morgan fingerprint density at radius 3 is 2.38 bits per heavy atom. The van der Waals surface area contributed by atoms with Crippen LogP contribution >= 0.6 is 0 Å². The van der Waals surface area contributed by atoms with Crippen LogP contribution in [0.25, 0.3) is 0 Å². The normalized spacial score (nSPS) is 15.2. The first-order valence-electron chi connectivity index (χ1n) is 11.7. The molecule has 2 aromatic carbocycles. The maximum absolute atomic E-state index is 12.7. The molecule has 0 saturated carbocycles. The number of aryl methyl sites for hydroxylation is 1. The van der Waals surface area contributed by atoms with Crippen molar-refractivity contribution < 1.29 is 19.1 Å². The number of amides is 4. The van der Waals surface area contributed by atoms with Gasteiger partial charge in [-0.05, 0) is 43.0 Å². The molecule has 3 rings (SSSR count). The number of benzene rings is 2. The van der Waals surface area contributed by atoms with Crippen LogP contribution in [0.15, 0.2) is 54.6 Å². The monoisotopic (exact) mass is 466 g/mol. The Bertz CT molecular complexity index is 949. The minimum atomic E-state index is -0.508. The average Bonchev–Trinajstić information content (AvgIpc) is 3.13. The van der Waals surface area contributed by atoms with Gasteiger partial charge in [0.2, 0.25) is 11.8 Å². The van der Waals surface area contributed by atoms with E-state index in [1.165, 1.54) is 0 Å². The lowest BCUT2D eigenvalue weighted by molar-refractivity contribution is -0.131. The van der Waals surface area contributed by atoms with Crippen molar-refractivity contribution in [2.75, 3.05) is 33.3 Å². The van der Waals surface area contributed by atoms with Crippen molar-refractivity contribution in [1.82, 2.24) is 20.4 Å². The molecule has 1 saturated heterocycles. The molecule has 1 aliphatic heterocycles. The second-order valence-corrected chi connectivity index (χ2v) is 8.45. The molecule has 8 heteroatoms. The van der Waals surface area contributed by atoms with Crippen LogP contribution in [0.4, 0.5) is 4.79 Å². The zero-order valence-corrected chi connectivity index (χ0v) is 20.0. The van der Waals surface area contributed by atoms with E-state index in [0.29, 0.717) is 45.6 Å². The van der Waals surface area contributed by atoms with E-state index < -0.39 is 12.1 Å². The molecular weight excluding hydrogens is 432 g/mol. The maximum Gasteiger partial charge on any atom is 0.321 e. The number of carbonyl (C=O) groups excluding carboxylic acids is 3. The summed E-state index contributed by atoms with van der Waals surface area (Å²) in [6.45, 7) is 4.67. The van der Waals surface area contributed by atoms with Gasteiger partial charge in [0.25, 0.3) is 0 Å². The van der Waals surface area contributed by atoms with Gasteiger partial charge in [-0.25, -0.2) is 4.79 Å². The van der Waals surface area contributed by atoms with Gasteiger partial charge in [0.05, 0.1) is 13.2 Å². The molecule has 0 aromatic heterocycles. The highest BCUT2D eigenvalue weighted by Gasteiger charge is 2.26. The average molecular weight is 467 g/mol. The molecule has 1 unspecified atom stereocenters. The van der Waals surface area contributed by atoms with Gasteiger partial charge < -0.3 is 15.0 Å². The number of hydrogen-bond acceptors (Lipinski definition) is 5. The largest absolute Gasteiger partial charge is 0.497 e. The number of rotatable bonds is 8. The highest BCUT2D eigenvalue weighted by atomic mass is 16.5. The number of urea groups is 1. The van der Waals surface area contributed by atoms with Crippen LogP contribution in [-0.4, -0.2) is 67.0 Å². The third kappa shape index (κ3) is 7.59. The predicted molar refractivity (Wildman–Crippen MR) is 130 cm³/mol. The van der Waals surface area contributed by atoms with Gasteiger partial charge in [0.15, 0.2) is 0 Å². The summed E-state index contributed by atoms with van der Waals surface area (Å²) in [6, 6.07) is 16.3. The smallest absolute Gasteiger partial charge is 0.321 e. The van der Waals surface area contributed by atoms with Crippen LogP contribution in [0.5, 0.6) is 5.75 Å². The Morgan fingerprint density at radius 1 is 0.941 bits per heavy atom. The molecule has 4 amide bonds. The van der Waals surface area contributed by atoms with Gasteiger partial charge in [-0.15, -0.1) is 0 Å². The molecule has 0 spiro atoms. The number of methoxy groups -OCH3 is 1. The molecule has 0 bridgehead atoms. The number of nitrogens with zero attached hydrogens (tertiary/aromatic N) is 2. The highest BCUT2D eigenvalue weighted by Crippen LogP contribution is 2.14. The Kier molecular flexibility index (Phi) is 9.46. The summed E-state index contributed by atoms with van der Waals surface area (Å²) >= 11 is 0. The quantitative estimate of drug-likeness (QED) is 0.624. The highest BCUT2D eigenvalue weighted by molar-refractivity contribution is 5.96. The molecule has 8 nitrogen and oxygen atoms in total. The summed E-state index contributed by atoms with van der Waals surface area (Å²) in [5, 5.41) is 5.13. The Balaban J connectivity index is 1.41. The second kappa shape index (κ2) is 12.7. The molecule has 0 radical (unpaired) electrons. The maximum atomic E-state index is 12.7. The van der Waals surface area contributed by atoms with E-state index in [1.807, 2.05) is 64.4 Å². The molecule has 1 fully saturated rings. The molecule has 0 aliphatic carbocycles. The lowest BCUT2D eigenvalue weighted by Crippen LogP contribution is -2.50. The first-order valence-corrected chi connectivity index (χ1v) is 11.7. The number of ether oxygens (including phenoxy) is 1. The van der Waals surface area contributed by atoms with Crippen LogP contribution in [0.1, 0.15) is 30.9 Å².